The van der Waals surface area contributed by atoms with Gasteiger partial charge in [-0.1, -0.05) is 18.6 Å². The summed E-state index contributed by atoms with van der Waals surface area (Å²) in [5.74, 6) is 1.43. The maximum atomic E-state index is 13.1. The maximum Gasteiger partial charge on any atom is 0.241 e. The molecule has 5 atom stereocenters. The molecule has 1 aromatic rings. The van der Waals surface area contributed by atoms with E-state index in [1.165, 1.54) is 31.4 Å². The first kappa shape index (κ1) is 13.3. The van der Waals surface area contributed by atoms with Crippen molar-refractivity contribution in [1.29, 1.82) is 0 Å². The van der Waals surface area contributed by atoms with Crippen LogP contribution < -0.4 is 5.32 Å². The molecule has 1 saturated heterocycles. The number of amides is 1. The van der Waals surface area contributed by atoms with Gasteiger partial charge >= 0.3 is 0 Å². The lowest BCUT2D eigenvalue weighted by Crippen LogP contribution is -2.43. The zero-order chi connectivity index (χ0) is 14.6. The van der Waals surface area contributed by atoms with Crippen LogP contribution in [0.15, 0.2) is 24.3 Å². The number of nitrogens with zero attached hydrogens (tertiary/aromatic N) is 1. The molecule has 1 aliphatic heterocycles. The van der Waals surface area contributed by atoms with Gasteiger partial charge in [0.05, 0.1) is 6.04 Å². The average Bonchev–Trinajstić information content (AvgIpc) is 3.16. The van der Waals surface area contributed by atoms with Gasteiger partial charge < -0.3 is 4.90 Å². The smallest absolute Gasteiger partial charge is 0.241 e. The molecule has 1 amide bonds. The first-order valence-corrected chi connectivity index (χ1v) is 7.97. The number of nitrogens with one attached hydrogen (secondary N) is 1. The van der Waals surface area contributed by atoms with Crippen molar-refractivity contribution >= 4 is 5.91 Å². The van der Waals surface area contributed by atoms with Crippen LogP contribution in [-0.2, 0) is 4.79 Å². The summed E-state index contributed by atoms with van der Waals surface area (Å²) in [4.78, 5) is 14.7. The molecule has 0 aromatic heterocycles. The van der Waals surface area contributed by atoms with E-state index >= 15 is 0 Å². The molecule has 0 spiro atoms. The van der Waals surface area contributed by atoms with E-state index in [1.54, 1.807) is 12.1 Å². The summed E-state index contributed by atoms with van der Waals surface area (Å²) >= 11 is 0. The van der Waals surface area contributed by atoms with Gasteiger partial charge in [-0.2, -0.15) is 0 Å². The van der Waals surface area contributed by atoms with Crippen LogP contribution >= 0.6 is 0 Å². The monoisotopic (exact) mass is 288 g/mol. The van der Waals surface area contributed by atoms with Crippen molar-refractivity contribution in [2.24, 2.45) is 11.8 Å². The quantitative estimate of drug-likeness (QED) is 0.907. The van der Waals surface area contributed by atoms with Crippen LogP contribution in [0.25, 0.3) is 0 Å². The molecule has 2 aliphatic carbocycles. The molecule has 2 saturated carbocycles. The largest absolute Gasteiger partial charge is 0.318 e. The molecule has 2 bridgehead atoms. The maximum absolute atomic E-state index is 13.1. The molecule has 4 heteroatoms. The molecular weight excluding hydrogens is 267 g/mol. The van der Waals surface area contributed by atoms with Gasteiger partial charge in [-0.25, -0.2) is 4.39 Å². The molecule has 3 fully saturated rings. The number of hydrogen-bond donors (Lipinski definition) is 1. The first-order chi connectivity index (χ1) is 10.1. The van der Waals surface area contributed by atoms with Crippen LogP contribution in [0.1, 0.15) is 44.3 Å². The van der Waals surface area contributed by atoms with Crippen molar-refractivity contribution < 1.29 is 9.18 Å². The van der Waals surface area contributed by atoms with E-state index in [0.717, 1.165) is 17.9 Å². The number of fused-ring (bicyclic) bond motifs is 2. The van der Waals surface area contributed by atoms with Gasteiger partial charge in [0.1, 0.15) is 12.0 Å². The molecule has 1 aromatic carbocycles. The van der Waals surface area contributed by atoms with Crippen LogP contribution in [0.4, 0.5) is 4.39 Å². The molecule has 112 valence electrons. The third-order valence-electron chi connectivity index (χ3n) is 5.55. The molecule has 21 heavy (non-hydrogen) atoms. The predicted octanol–water partition coefficient (Wildman–Crippen LogP) is 2.83. The zero-order valence-electron chi connectivity index (χ0n) is 12.3. The third kappa shape index (κ3) is 2.08. The number of carbonyl (C=O) groups is 1. The zero-order valence-corrected chi connectivity index (χ0v) is 12.3. The van der Waals surface area contributed by atoms with E-state index in [2.05, 4.69) is 10.2 Å². The summed E-state index contributed by atoms with van der Waals surface area (Å²) < 4.78 is 13.1. The van der Waals surface area contributed by atoms with Crippen molar-refractivity contribution in [2.75, 3.05) is 0 Å². The van der Waals surface area contributed by atoms with E-state index in [1.807, 2.05) is 6.92 Å². The molecule has 1 N–H and O–H groups in total. The Bertz CT molecular complexity index is 558. The Morgan fingerprint density at radius 3 is 2.57 bits per heavy atom. The van der Waals surface area contributed by atoms with Gasteiger partial charge in [0, 0.05) is 6.04 Å². The Morgan fingerprint density at radius 1 is 1.19 bits per heavy atom. The van der Waals surface area contributed by atoms with Gasteiger partial charge in [0.2, 0.25) is 5.91 Å². The lowest BCUT2D eigenvalue weighted by atomic mass is 9.93. The second-order valence-electron chi connectivity index (χ2n) is 6.83. The van der Waals surface area contributed by atoms with Gasteiger partial charge in [0.15, 0.2) is 0 Å². The van der Waals surface area contributed by atoms with E-state index < -0.39 is 0 Å². The number of halogens is 1. The highest BCUT2D eigenvalue weighted by Gasteiger charge is 2.49. The normalized spacial score (nSPS) is 38.5. The minimum Gasteiger partial charge on any atom is -0.318 e. The van der Waals surface area contributed by atoms with Gasteiger partial charge in [-0.3, -0.25) is 10.1 Å². The summed E-state index contributed by atoms with van der Waals surface area (Å²) in [5, 5.41) is 3.38. The van der Waals surface area contributed by atoms with E-state index in [0.29, 0.717) is 12.0 Å². The lowest BCUT2D eigenvalue weighted by Gasteiger charge is -2.35. The summed E-state index contributed by atoms with van der Waals surface area (Å²) in [5.41, 5.74) is 0.983. The predicted molar refractivity (Wildman–Crippen MR) is 77.8 cm³/mol. The average molecular weight is 288 g/mol. The first-order valence-electron chi connectivity index (χ1n) is 7.97. The Labute approximate surface area is 124 Å². The Kier molecular flexibility index (Phi) is 3.03. The number of rotatable bonds is 2. The van der Waals surface area contributed by atoms with E-state index in [4.69, 9.17) is 0 Å². The van der Waals surface area contributed by atoms with E-state index in [9.17, 15) is 9.18 Å². The van der Waals surface area contributed by atoms with Gasteiger partial charge in [0.25, 0.3) is 0 Å². The fourth-order valence-electron chi connectivity index (χ4n) is 4.55. The Balaban J connectivity index is 1.65. The Morgan fingerprint density at radius 2 is 1.95 bits per heavy atom. The van der Waals surface area contributed by atoms with E-state index in [-0.39, 0.29) is 23.9 Å². The van der Waals surface area contributed by atoms with Crippen LogP contribution in [0.2, 0.25) is 0 Å². The number of hydrogen-bond acceptors (Lipinski definition) is 2. The summed E-state index contributed by atoms with van der Waals surface area (Å²) in [6.45, 7) is 1.92. The SMILES string of the molecule is CC1NC(c2ccc(F)cc2)N(C2CC3CCC2C3)C1=O. The van der Waals surface area contributed by atoms with Crippen LogP contribution in [-0.4, -0.2) is 22.9 Å². The highest BCUT2D eigenvalue weighted by atomic mass is 19.1. The molecule has 0 radical (unpaired) electrons. The van der Waals surface area contributed by atoms with Crippen LogP contribution in [0.3, 0.4) is 0 Å². The fraction of sp³-hybridized carbons (Fsp3) is 0.588. The van der Waals surface area contributed by atoms with Crippen molar-refractivity contribution in [2.45, 2.75) is 50.9 Å². The minimum absolute atomic E-state index is 0.0996. The minimum atomic E-state index is -0.234. The van der Waals surface area contributed by atoms with Crippen molar-refractivity contribution in [3.8, 4) is 0 Å². The highest BCUT2D eigenvalue weighted by molar-refractivity contribution is 5.84. The van der Waals surface area contributed by atoms with Crippen molar-refractivity contribution in [1.82, 2.24) is 10.2 Å². The molecular formula is C17H21FN2O. The third-order valence-corrected chi connectivity index (χ3v) is 5.55. The number of carbonyl (C=O) groups excluding carboxylic acids is 1. The second kappa shape index (κ2) is 4.80. The summed E-state index contributed by atoms with van der Waals surface area (Å²) in [6, 6.07) is 6.74. The lowest BCUT2D eigenvalue weighted by molar-refractivity contribution is -0.133. The highest BCUT2D eigenvalue weighted by Crippen LogP contribution is 2.49. The molecule has 4 rings (SSSR count). The Hall–Kier alpha value is -1.42. The van der Waals surface area contributed by atoms with Crippen LogP contribution in [0, 0.1) is 17.7 Å². The topological polar surface area (TPSA) is 32.3 Å². The van der Waals surface area contributed by atoms with Gasteiger partial charge in [-0.05, 0) is 55.7 Å². The molecule has 3 aliphatic rings. The van der Waals surface area contributed by atoms with Crippen molar-refractivity contribution in [3.63, 3.8) is 0 Å². The standard InChI is InChI=1S/C17H21FN2O/c1-10-17(21)20(15-9-11-2-3-13(15)8-11)16(19-10)12-4-6-14(18)7-5-12/h4-7,10-11,13,15-16,19H,2-3,8-9H2,1H3. The summed E-state index contributed by atoms with van der Waals surface area (Å²) in [7, 11) is 0. The molecule has 3 nitrogen and oxygen atoms in total. The molecule has 1 heterocycles. The van der Waals surface area contributed by atoms with Gasteiger partial charge in [-0.15, -0.1) is 0 Å². The number of benzene rings is 1. The fourth-order valence-corrected chi connectivity index (χ4v) is 4.55. The van der Waals surface area contributed by atoms with Crippen molar-refractivity contribution in [3.05, 3.63) is 35.6 Å². The second-order valence-corrected chi connectivity index (χ2v) is 6.83. The van der Waals surface area contributed by atoms with Crippen LogP contribution in [0.5, 0.6) is 0 Å². The summed E-state index contributed by atoms with van der Waals surface area (Å²) in [6.07, 6.45) is 4.90. The molecule has 5 unspecified atom stereocenters.